The summed E-state index contributed by atoms with van der Waals surface area (Å²) in [7, 11) is 0. The summed E-state index contributed by atoms with van der Waals surface area (Å²) in [5.41, 5.74) is 0.483. The molecule has 0 amide bonds. The molecule has 2 aliphatic rings. The molecular weight excluding hydrogens is 268 g/mol. The Morgan fingerprint density at radius 2 is 2.12 bits per heavy atom. The summed E-state index contributed by atoms with van der Waals surface area (Å²) in [4.78, 5) is 11.0. The van der Waals surface area contributed by atoms with Gasteiger partial charge in [0.15, 0.2) is 0 Å². The van der Waals surface area contributed by atoms with E-state index in [1.54, 1.807) is 0 Å². The highest BCUT2D eigenvalue weighted by atomic mass is 79.9. The Hall–Kier alpha value is -0.680. The Kier molecular flexibility index (Phi) is 2.59. The Morgan fingerprint density at radius 1 is 1.31 bits per heavy atom. The molecule has 0 radical (unpaired) electrons. The van der Waals surface area contributed by atoms with Crippen LogP contribution in [0.5, 0.6) is 0 Å². The first kappa shape index (κ1) is 10.5. The second-order valence-electron chi connectivity index (χ2n) is 4.80. The van der Waals surface area contributed by atoms with E-state index in [-0.39, 0.29) is 0 Å². The summed E-state index contributed by atoms with van der Waals surface area (Å²) in [6.07, 6.45) is 6.19. The number of rotatable bonds is 1. The van der Waals surface area contributed by atoms with E-state index in [1.165, 1.54) is 12.8 Å². The molecule has 1 aromatic heterocycles. The lowest BCUT2D eigenvalue weighted by atomic mass is 9.87. The highest BCUT2D eigenvalue weighted by Gasteiger charge is 2.40. The minimum Gasteiger partial charge on any atom is -0.340 e. The third kappa shape index (κ3) is 1.82. The Balaban J connectivity index is 1.75. The van der Waals surface area contributed by atoms with E-state index in [0.29, 0.717) is 5.41 Å². The van der Waals surface area contributed by atoms with Crippen LogP contribution in [0.25, 0.3) is 0 Å². The van der Waals surface area contributed by atoms with E-state index < -0.39 is 0 Å². The van der Waals surface area contributed by atoms with Crippen molar-refractivity contribution in [1.29, 1.82) is 0 Å². The molecule has 0 aromatic carbocycles. The third-order valence-electron chi connectivity index (χ3n) is 3.66. The third-order valence-corrected chi connectivity index (χ3v) is 4.07. The van der Waals surface area contributed by atoms with E-state index in [9.17, 15) is 0 Å². The lowest BCUT2D eigenvalue weighted by Crippen LogP contribution is -2.29. The maximum atomic E-state index is 4.36. The van der Waals surface area contributed by atoms with Gasteiger partial charge >= 0.3 is 0 Å². The van der Waals surface area contributed by atoms with Crippen LogP contribution in [0.15, 0.2) is 16.9 Å². The van der Waals surface area contributed by atoms with Crippen molar-refractivity contribution < 1.29 is 0 Å². The molecule has 3 heterocycles. The summed E-state index contributed by atoms with van der Waals surface area (Å²) < 4.78 is 0.938. The predicted molar refractivity (Wildman–Crippen MR) is 66.5 cm³/mol. The van der Waals surface area contributed by atoms with Gasteiger partial charge in [0, 0.05) is 37.4 Å². The molecule has 1 N–H and O–H groups in total. The SMILES string of the molecule is Brc1cnc(N2CCC3(CCNC3)C2)nc1. The zero-order valence-electron chi connectivity index (χ0n) is 9.12. The fourth-order valence-electron chi connectivity index (χ4n) is 2.72. The minimum atomic E-state index is 0.483. The molecule has 5 heteroatoms. The van der Waals surface area contributed by atoms with Gasteiger partial charge in [-0.05, 0) is 35.3 Å². The van der Waals surface area contributed by atoms with Crippen molar-refractivity contribution in [2.45, 2.75) is 12.8 Å². The molecule has 0 bridgehead atoms. The number of anilines is 1. The molecule has 3 rings (SSSR count). The van der Waals surface area contributed by atoms with E-state index in [2.05, 4.69) is 36.1 Å². The van der Waals surface area contributed by atoms with E-state index >= 15 is 0 Å². The molecule has 1 atom stereocenters. The van der Waals surface area contributed by atoms with Crippen LogP contribution in [0.2, 0.25) is 0 Å². The van der Waals surface area contributed by atoms with Crippen molar-refractivity contribution in [2.75, 3.05) is 31.1 Å². The smallest absolute Gasteiger partial charge is 0.225 e. The van der Waals surface area contributed by atoms with Crippen molar-refractivity contribution in [3.63, 3.8) is 0 Å². The normalized spacial score (nSPS) is 29.2. The second-order valence-corrected chi connectivity index (χ2v) is 5.72. The number of halogens is 1. The lowest BCUT2D eigenvalue weighted by molar-refractivity contribution is 0.369. The number of nitrogens with one attached hydrogen (secondary N) is 1. The van der Waals surface area contributed by atoms with Gasteiger partial charge in [-0.25, -0.2) is 9.97 Å². The number of hydrogen-bond donors (Lipinski definition) is 1. The van der Waals surface area contributed by atoms with Gasteiger partial charge in [0.2, 0.25) is 5.95 Å². The first-order chi connectivity index (χ1) is 7.77. The van der Waals surface area contributed by atoms with Crippen molar-refractivity contribution >= 4 is 21.9 Å². The first-order valence-electron chi connectivity index (χ1n) is 5.71. The highest BCUT2D eigenvalue weighted by molar-refractivity contribution is 9.10. The van der Waals surface area contributed by atoms with E-state index in [4.69, 9.17) is 0 Å². The molecule has 16 heavy (non-hydrogen) atoms. The summed E-state index contributed by atoms with van der Waals surface area (Å²) in [6, 6.07) is 0. The molecule has 2 aliphatic heterocycles. The monoisotopic (exact) mass is 282 g/mol. The van der Waals surface area contributed by atoms with Crippen molar-refractivity contribution in [2.24, 2.45) is 5.41 Å². The Labute approximate surface area is 104 Å². The fourth-order valence-corrected chi connectivity index (χ4v) is 2.92. The topological polar surface area (TPSA) is 41.1 Å². The van der Waals surface area contributed by atoms with Crippen LogP contribution < -0.4 is 10.2 Å². The molecule has 2 saturated heterocycles. The molecule has 0 saturated carbocycles. The van der Waals surface area contributed by atoms with Gasteiger partial charge in [-0.2, -0.15) is 0 Å². The van der Waals surface area contributed by atoms with Crippen molar-refractivity contribution in [3.8, 4) is 0 Å². The number of hydrogen-bond acceptors (Lipinski definition) is 4. The van der Waals surface area contributed by atoms with Gasteiger partial charge in [0.1, 0.15) is 0 Å². The van der Waals surface area contributed by atoms with E-state index in [0.717, 1.165) is 36.6 Å². The number of aromatic nitrogens is 2. The van der Waals surface area contributed by atoms with Crippen LogP contribution >= 0.6 is 15.9 Å². The molecule has 0 aliphatic carbocycles. The summed E-state index contributed by atoms with van der Waals surface area (Å²) >= 11 is 3.36. The Bertz CT molecular complexity index is 372. The molecule has 1 aromatic rings. The average Bonchev–Trinajstić information content (AvgIpc) is 2.91. The zero-order valence-corrected chi connectivity index (χ0v) is 10.7. The van der Waals surface area contributed by atoms with Crippen LogP contribution in [-0.2, 0) is 0 Å². The first-order valence-corrected chi connectivity index (χ1v) is 6.50. The quantitative estimate of drug-likeness (QED) is 0.846. The standard InChI is InChI=1S/C11H15BrN4/c12-9-5-14-10(15-6-9)16-4-2-11(8-16)1-3-13-7-11/h5-6,13H,1-4,7-8H2. The maximum absolute atomic E-state index is 4.36. The molecule has 2 fully saturated rings. The van der Waals surface area contributed by atoms with Crippen molar-refractivity contribution in [1.82, 2.24) is 15.3 Å². The van der Waals surface area contributed by atoms with Gasteiger partial charge in [-0.15, -0.1) is 0 Å². The second kappa shape index (κ2) is 3.96. The largest absolute Gasteiger partial charge is 0.340 e. The van der Waals surface area contributed by atoms with Gasteiger partial charge < -0.3 is 10.2 Å². The van der Waals surface area contributed by atoms with Gasteiger partial charge in [-0.1, -0.05) is 0 Å². The molecule has 86 valence electrons. The van der Waals surface area contributed by atoms with Gasteiger partial charge in [0.25, 0.3) is 0 Å². The molecule has 1 spiro atoms. The Morgan fingerprint density at radius 3 is 2.81 bits per heavy atom. The summed E-state index contributed by atoms with van der Waals surface area (Å²) in [6.45, 7) is 4.50. The van der Waals surface area contributed by atoms with Crippen LogP contribution in [0, 0.1) is 5.41 Å². The van der Waals surface area contributed by atoms with Crippen LogP contribution in [-0.4, -0.2) is 36.1 Å². The summed E-state index contributed by atoms with van der Waals surface area (Å²) in [5, 5.41) is 3.46. The molecule has 4 nitrogen and oxygen atoms in total. The van der Waals surface area contributed by atoms with Gasteiger partial charge in [-0.3, -0.25) is 0 Å². The maximum Gasteiger partial charge on any atom is 0.225 e. The molecule has 1 unspecified atom stereocenters. The molecular formula is C11H15BrN4. The lowest BCUT2D eigenvalue weighted by Gasteiger charge is -2.22. The van der Waals surface area contributed by atoms with E-state index in [1.807, 2.05) is 12.4 Å². The number of nitrogens with zero attached hydrogens (tertiary/aromatic N) is 3. The van der Waals surface area contributed by atoms with Crippen molar-refractivity contribution in [3.05, 3.63) is 16.9 Å². The summed E-state index contributed by atoms with van der Waals surface area (Å²) in [5.74, 6) is 0.868. The fraction of sp³-hybridized carbons (Fsp3) is 0.636. The van der Waals surface area contributed by atoms with Crippen LogP contribution in [0.3, 0.4) is 0 Å². The van der Waals surface area contributed by atoms with Crippen LogP contribution in [0.1, 0.15) is 12.8 Å². The highest BCUT2D eigenvalue weighted by Crippen LogP contribution is 2.37. The zero-order chi connectivity index (χ0) is 11.0. The van der Waals surface area contributed by atoms with Gasteiger partial charge in [0.05, 0.1) is 4.47 Å². The average molecular weight is 283 g/mol. The minimum absolute atomic E-state index is 0.483. The van der Waals surface area contributed by atoms with Crippen LogP contribution in [0.4, 0.5) is 5.95 Å². The predicted octanol–water partition coefficient (Wildman–Crippen LogP) is 1.43.